The Labute approximate surface area is 179 Å². The number of piperazine rings is 1. The molecule has 1 aliphatic heterocycles. The number of hydrogen-bond acceptors (Lipinski definition) is 5. The summed E-state index contributed by atoms with van der Waals surface area (Å²) >= 11 is 0. The molecule has 0 unspecified atom stereocenters. The van der Waals surface area contributed by atoms with Crippen molar-refractivity contribution >= 4 is 5.69 Å². The zero-order valence-electron chi connectivity index (χ0n) is 18.0. The van der Waals surface area contributed by atoms with Crippen molar-refractivity contribution in [2.75, 3.05) is 57.4 Å². The Kier molecular flexibility index (Phi) is 8.49. The Hall–Kier alpha value is -2.15. The highest BCUT2D eigenvalue weighted by molar-refractivity contribution is 5.48. The molecule has 0 spiro atoms. The molecule has 6 heteroatoms. The minimum absolute atomic E-state index is 0.183. The number of β-amino-alcohol motifs (C(OH)–C–C–N with tert-alkyl or cyclic N) is 1. The average Bonchev–Trinajstić information content (AvgIpc) is 2.75. The summed E-state index contributed by atoms with van der Waals surface area (Å²) in [5.74, 6) is 1.15. The lowest BCUT2D eigenvalue weighted by Gasteiger charge is -2.36. The number of aliphatic hydroxyl groups excluding tert-OH is 1. The van der Waals surface area contributed by atoms with Gasteiger partial charge < -0.3 is 19.5 Å². The minimum atomic E-state index is -0.546. The number of hydrogen-bond donors (Lipinski definition) is 1. The van der Waals surface area contributed by atoms with Crippen molar-refractivity contribution < 1.29 is 19.0 Å². The van der Waals surface area contributed by atoms with E-state index in [2.05, 4.69) is 35.8 Å². The van der Waals surface area contributed by atoms with Crippen LogP contribution in [0.3, 0.4) is 0 Å². The van der Waals surface area contributed by atoms with E-state index < -0.39 is 6.10 Å². The van der Waals surface area contributed by atoms with Crippen LogP contribution in [0.2, 0.25) is 0 Å². The number of nitrogens with zero attached hydrogens (tertiary/aromatic N) is 2. The molecule has 0 radical (unpaired) electrons. The van der Waals surface area contributed by atoms with E-state index in [1.165, 1.54) is 11.6 Å². The van der Waals surface area contributed by atoms with E-state index in [9.17, 15) is 9.50 Å². The number of anilines is 1. The molecule has 164 valence electrons. The second-order valence-corrected chi connectivity index (χ2v) is 8.04. The molecular formula is C24H33FN2O3. The average molecular weight is 417 g/mol. The van der Waals surface area contributed by atoms with Gasteiger partial charge in [-0.2, -0.15) is 0 Å². The van der Waals surface area contributed by atoms with Crippen molar-refractivity contribution in [3.8, 4) is 5.75 Å². The van der Waals surface area contributed by atoms with Crippen LogP contribution in [0.1, 0.15) is 25.3 Å². The lowest BCUT2D eigenvalue weighted by molar-refractivity contribution is 0.00716. The standard InChI is InChI=1S/C24H33FN2O3/c1-19(2)20-7-9-22(10-8-20)30-16-15-29-18-21(28)17-26-11-13-27(14-12-26)24-6-4-3-5-23(24)25/h3-10,19,21,28H,11-18H2,1-2H3/t21-/m0/s1. The van der Waals surface area contributed by atoms with Gasteiger partial charge in [-0.1, -0.05) is 38.1 Å². The molecule has 2 aromatic carbocycles. The van der Waals surface area contributed by atoms with E-state index in [0.29, 0.717) is 31.4 Å². The molecular weight excluding hydrogens is 383 g/mol. The number of ether oxygens (including phenoxy) is 2. The Morgan fingerprint density at radius 3 is 2.33 bits per heavy atom. The van der Waals surface area contributed by atoms with Gasteiger partial charge in [0.15, 0.2) is 0 Å². The minimum Gasteiger partial charge on any atom is -0.491 e. The van der Waals surface area contributed by atoms with Crippen LogP contribution in [-0.2, 0) is 4.74 Å². The van der Waals surface area contributed by atoms with Gasteiger partial charge in [0.05, 0.1) is 25.0 Å². The number of halogens is 1. The molecule has 1 heterocycles. The Bertz CT molecular complexity index is 761. The summed E-state index contributed by atoms with van der Waals surface area (Å²) in [7, 11) is 0. The van der Waals surface area contributed by atoms with Gasteiger partial charge >= 0.3 is 0 Å². The molecule has 1 fully saturated rings. The fraction of sp³-hybridized carbons (Fsp3) is 0.500. The maximum absolute atomic E-state index is 13.9. The largest absolute Gasteiger partial charge is 0.491 e. The molecule has 1 saturated heterocycles. The Morgan fingerprint density at radius 2 is 1.67 bits per heavy atom. The predicted octanol–water partition coefficient (Wildman–Crippen LogP) is 3.53. The van der Waals surface area contributed by atoms with Crippen molar-refractivity contribution in [2.45, 2.75) is 25.9 Å². The van der Waals surface area contributed by atoms with Crippen LogP contribution < -0.4 is 9.64 Å². The molecule has 2 aromatic rings. The van der Waals surface area contributed by atoms with Gasteiger partial charge in [0.2, 0.25) is 0 Å². The van der Waals surface area contributed by atoms with Gasteiger partial charge in [0.1, 0.15) is 18.2 Å². The maximum Gasteiger partial charge on any atom is 0.146 e. The topological polar surface area (TPSA) is 45.2 Å². The number of benzene rings is 2. The van der Waals surface area contributed by atoms with Gasteiger partial charge in [-0.25, -0.2) is 4.39 Å². The molecule has 1 atom stereocenters. The molecule has 0 bridgehead atoms. The summed E-state index contributed by atoms with van der Waals surface area (Å²) in [6.45, 7) is 9.14. The summed E-state index contributed by atoms with van der Waals surface area (Å²) in [5, 5.41) is 10.2. The van der Waals surface area contributed by atoms with Gasteiger partial charge in [0.25, 0.3) is 0 Å². The first-order valence-corrected chi connectivity index (χ1v) is 10.7. The van der Waals surface area contributed by atoms with Crippen LogP contribution in [0.4, 0.5) is 10.1 Å². The van der Waals surface area contributed by atoms with Crippen LogP contribution in [0, 0.1) is 5.82 Å². The SMILES string of the molecule is CC(C)c1ccc(OCCOC[C@@H](O)CN2CCN(c3ccccc3F)CC2)cc1. The molecule has 0 amide bonds. The predicted molar refractivity (Wildman–Crippen MR) is 118 cm³/mol. The Balaban J connectivity index is 1.28. The third-order valence-corrected chi connectivity index (χ3v) is 5.39. The van der Waals surface area contributed by atoms with Gasteiger partial charge in [0, 0.05) is 32.7 Å². The molecule has 3 rings (SSSR count). The highest BCUT2D eigenvalue weighted by atomic mass is 19.1. The van der Waals surface area contributed by atoms with E-state index in [1.807, 2.05) is 24.3 Å². The van der Waals surface area contributed by atoms with Gasteiger partial charge in [-0.15, -0.1) is 0 Å². The summed E-state index contributed by atoms with van der Waals surface area (Å²) in [6.07, 6.45) is -0.546. The first-order chi connectivity index (χ1) is 14.5. The summed E-state index contributed by atoms with van der Waals surface area (Å²) in [4.78, 5) is 4.25. The van der Waals surface area contributed by atoms with Crippen molar-refractivity contribution in [1.82, 2.24) is 4.90 Å². The molecule has 0 aliphatic carbocycles. The van der Waals surface area contributed by atoms with E-state index >= 15 is 0 Å². The smallest absolute Gasteiger partial charge is 0.146 e. The summed E-state index contributed by atoms with van der Waals surface area (Å²) in [5.41, 5.74) is 1.94. The highest BCUT2D eigenvalue weighted by Crippen LogP contribution is 2.20. The monoisotopic (exact) mass is 416 g/mol. The molecule has 5 nitrogen and oxygen atoms in total. The fourth-order valence-electron chi connectivity index (χ4n) is 3.62. The lowest BCUT2D eigenvalue weighted by Crippen LogP contribution is -2.49. The zero-order valence-corrected chi connectivity index (χ0v) is 18.0. The van der Waals surface area contributed by atoms with E-state index in [1.54, 1.807) is 6.07 Å². The van der Waals surface area contributed by atoms with E-state index in [4.69, 9.17) is 9.47 Å². The van der Waals surface area contributed by atoms with Crippen LogP contribution in [0.25, 0.3) is 0 Å². The normalized spacial score (nSPS) is 16.1. The molecule has 1 N–H and O–H groups in total. The molecule has 1 aliphatic rings. The van der Waals surface area contributed by atoms with Crippen LogP contribution in [-0.4, -0.2) is 68.7 Å². The first kappa shape index (κ1) is 22.5. The third kappa shape index (κ3) is 6.69. The first-order valence-electron chi connectivity index (χ1n) is 10.7. The van der Waals surface area contributed by atoms with Crippen molar-refractivity contribution in [2.24, 2.45) is 0 Å². The molecule has 0 aromatic heterocycles. The summed E-state index contributed by atoms with van der Waals surface area (Å²) < 4.78 is 25.2. The number of aliphatic hydroxyl groups is 1. The van der Waals surface area contributed by atoms with E-state index in [-0.39, 0.29) is 12.4 Å². The van der Waals surface area contributed by atoms with Crippen LogP contribution >= 0.6 is 0 Å². The van der Waals surface area contributed by atoms with E-state index in [0.717, 1.165) is 31.9 Å². The highest BCUT2D eigenvalue weighted by Gasteiger charge is 2.21. The maximum atomic E-state index is 13.9. The number of para-hydroxylation sites is 1. The van der Waals surface area contributed by atoms with Crippen LogP contribution in [0.5, 0.6) is 5.75 Å². The van der Waals surface area contributed by atoms with Gasteiger partial charge in [-0.3, -0.25) is 4.90 Å². The van der Waals surface area contributed by atoms with Crippen LogP contribution in [0.15, 0.2) is 48.5 Å². The zero-order chi connectivity index (χ0) is 21.3. The third-order valence-electron chi connectivity index (χ3n) is 5.39. The van der Waals surface area contributed by atoms with Crippen molar-refractivity contribution in [3.05, 3.63) is 59.9 Å². The van der Waals surface area contributed by atoms with Crippen molar-refractivity contribution in [1.29, 1.82) is 0 Å². The molecule has 0 saturated carbocycles. The quantitative estimate of drug-likeness (QED) is 0.601. The summed E-state index contributed by atoms with van der Waals surface area (Å²) in [6, 6.07) is 15.0. The van der Waals surface area contributed by atoms with Gasteiger partial charge in [-0.05, 0) is 35.7 Å². The fourth-order valence-corrected chi connectivity index (χ4v) is 3.62. The Morgan fingerprint density at radius 1 is 0.967 bits per heavy atom. The lowest BCUT2D eigenvalue weighted by atomic mass is 10.0. The second kappa shape index (κ2) is 11.3. The molecule has 30 heavy (non-hydrogen) atoms. The second-order valence-electron chi connectivity index (χ2n) is 8.04. The number of rotatable bonds is 10. The van der Waals surface area contributed by atoms with Crippen molar-refractivity contribution in [3.63, 3.8) is 0 Å².